The maximum absolute atomic E-state index is 10.7. The van der Waals surface area contributed by atoms with Crippen molar-refractivity contribution in [1.82, 2.24) is 0 Å². The Hall–Kier alpha value is -1.15. The summed E-state index contributed by atoms with van der Waals surface area (Å²) < 4.78 is 0. The number of unbranched alkanes of at least 4 members (excludes halogenated alkanes) is 1. The Bertz CT molecular complexity index is 307. The van der Waals surface area contributed by atoms with Crippen LogP contribution in [0.1, 0.15) is 34.3 Å². The van der Waals surface area contributed by atoms with E-state index in [0.717, 1.165) is 43.2 Å². The molecule has 0 bridgehead atoms. The minimum atomic E-state index is 0.724. The molecule has 1 aromatic carbocycles. The molecule has 0 saturated heterocycles. The van der Waals surface area contributed by atoms with Crippen molar-refractivity contribution in [1.29, 1.82) is 0 Å². The molecule has 0 aliphatic rings. The molecule has 0 heterocycles. The van der Waals surface area contributed by atoms with Crippen LogP contribution in [0, 0.1) is 6.92 Å². The lowest BCUT2D eigenvalue weighted by Crippen LogP contribution is -2.00. The first-order valence-electron chi connectivity index (χ1n) is 5.02. The Kier molecular flexibility index (Phi) is 4.33. The van der Waals surface area contributed by atoms with E-state index < -0.39 is 0 Å². The summed E-state index contributed by atoms with van der Waals surface area (Å²) in [6.45, 7) is 2.77. The first kappa shape index (κ1) is 10.9. The minimum Gasteiger partial charge on any atom is -0.330 e. The molecular formula is C12H17NO. The topological polar surface area (TPSA) is 43.1 Å². The van der Waals surface area contributed by atoms with Gasteiger partial charge in [-0.05, 0) is 38.3 Å². The lowest BCUT2D eigenvalue weighted by Gasteiger charge is -2.05. The normalized spacial score (nSPS) is 10.1. The highest BCUT2D eigenvalue weighted by Crippen LogP contribution is 2.12. The monoisotopic (exact) mass is 191 g/mol. The summed E-state index contributed by atoms with van der Waals surface area (Å²) in [5.41, 5.74) is 8.59. The highest BCUT2D eigenvalue weighted by atomic mass is 16.1. The van der Waals surface area contributed by atoms with Gasteiger partial charge in [-0.1, -0.05) is 23.8 Å². The second-order valence-corrected chi connectivity index (χ2v) is 3.57. The molecule has 0 saturated carbocycles. The van der Waals surface area contributed by atoms with E-state index in [-0.39, 0.29) is 0 Å². The minimum absolute atomic E-state index is 0.724. The van der Waals surface area contributed by atoms with Crippen LogP contribution in [0.15, 0.2) is 18.2 Å². The van der Waals surface area contributed by atoms with Crippen molar-refractivity contribution in [2.24, 2.45) is 5.73 Å². The van der Waals surface area contributed by atoms with Crippen LogP contribution in [0.3, 0.4) is 0 Å². The van der Waals surface area contributed by atoms with Gasteiger partial charge in [0, 0.05) is 5.56 Å². The third-order valence-corrected chi connectivity index (χ3v) is 2.33. The molecule has 1 rings (SSSR count). The van der Waals surface area contributed by atoms with Crippen molar-refractivity contribution in [2.45, 2.75) is 26.2 Å². The molecule has 2 N–H and O–H groups in total. The van der Waals surface area contributed by atoms with E-state index in [1.165, 1.54) is 5.56 Å². The SMILES string of the molecule is Cc1ccc(C=O)c(CCCCN)c1. The predicted molar refractivity (Wildman–Crippen MR) is 58.6 cm³/mol. The fourth-order valence-corrected chi connectivity index (χ4v) is 1.53. The molecule has 0 amide bonds. The zero-order chi connectivity index (χ0) is 10.4. The molecule has 0 radical (unpaired) electrons. The fourth-order valence-electron chi connectivity index (χ4n) is 1.53. The van der Waals surface area contributed by atoms with Gasteiger partial charge in [0.15, 0.2) is 0 Å². The summed E-state index contributed by atoms with van der Waals surface area (Å²) in [5, 5.41) is 0. The van der Waals surface area contributed by atoms with E-state index >= 15 is 0 Å². The molecule has 0 unspecified atom stereocenters. The quantitative estimate of drug-likeness (QED) is 0.572. The smallest absolute Gasteiger partial charge is 0.150 e. The number of aryl methyl sites for hydroxylation is 2. The van der Waals surface area contributed by atoms with Gasteiger partial charge >= 0.3 is 0 Å². The number of aldehydes is 1. The maximum atomic E-state index is 10.7. The molecule has 2 heteroatoms. The van der Waals surface area contributed by atoms with Crippen molar-refractivity contribution in [3.8, 4) is 0 Å². The highest BCUT2D eigenvalue weighted by Gasteiger charge is 2.01. The van der Waals surface area contributed by atoms with Gasteiger partial charge < -0.3 is 5.73 Å². The lowest BCUT2D eigenvalue weighted by molar-refractivity contribution is 0.112. The Morgan fingerprint density at radius 2 is 2.14 bits per heavy atom. The molecule has 0 spiro atoms. The van der Waals surface area contributed by atoms with Gasteiger partial charge in [-0.25, -0.2) is 0 Å². The number of rotatable bonds is 5. The molecule has 0 aliphatic carbocycles. The summed E-state index contributed by atoms with van der Waals surface area (Å²) in [6.07, 6.45) is 3.96. The van der Waals surface area contributed by atoms with E-state index in [4.69, 9.17) is 5.73 Å². The van der Waals surface area contributed by atoms with Crippen molar-refractivity contribution in [3.05, 3.63) is 34.9 Å². The van der Waals surface area contributed by atoms with Gasteiger partial charge in [-0.2, -0.15) is 0 Å². The number of carbonyl (C=O) groups excluding carboxylic acids is 1. The standard InChI is InChI=1S/C12H17NO/c1-10-5-6-12(9-14)11(8-10)4-2-3-7-13/h5-6,8-9H,2-4,7,13H2,1H3. The average molecular weight is 191 g/mol. The van der Waals surface area contributed by atoms with Gasteiger partial charge in [-0.3, -0.25) is 4.79 Å². The first-order valence-corrected chi connectivity index (χ1v) is 5.02. The first-order chi connectivity index (χ1) is 6.77. The molecule has 0 fully saturated rings. The largest absolute Gasteiger partial charge is 0.330 e. The van der Waals surface area contributed by atoms with Crippen molar-refractivity contribution < 1.29 is 4.79 Å². The molecule has 76 valence electrons. The zero-order valence-corrected chi connectivity index (χ0v) is 8.62. The zero-order valence-electron chi connectivity index (χ0n) is 8.62. The Morgan fingerprint density at radius 3 is 2.79 bits per heavy atom. The summed E-state index contributed by atoms with van der Waals surface area (Å²) in [6, 6.07) is 5.94. The summed E-state index contributed by atoms with van der Waals surface area (Å²) in [7, 11) is 0. The summed E-state index contributed by atoms with van der Waals surface area (Å²) >= 11 is 0. The van der Waals surface area contributed by atoms with E-state index in [1.54, 1.807) is 0 Å². The molecule has 0 aromatic heterocycles. The van der Waals surface area contributed by atoms with Crippen LogP contribution in [-0.2, 0) is 6.42 Å². The number of hydrogen-bond acceptors (Lipinski definition) is 2. The van der Waals surface area contributed by atoms with Crippen LogP contribution in [0.5, 0.6) is 0 Å². The predicted octanol–water partition coefficient (Wildman–Crippen LogP) is 2.09. The van der Waals surface area contributed by atoms with Crippen LogP contribution in [0.4, 0.5) is 0 Å². The fraction of sp³-hybridized carbons (Fsp3) is 0.417. The van der Waals surface area contributed by atoms with E-state index in [0.29, 0.717) is 0 Å². The van der Waals surface area contributed by atoms with Gasteiger partial charge in [-0.15, -0.1) is 0 Å². The van der Waals surface area contributed by atoms with Crippen LogP contribution in [0.2, 0.25) is 0 Å². The summed E-state index contributed by atoms with van der Waals surface area (Å²) in [5.74, 6) is 0. The van der Waals surface area contributed by atoms with Crippen LogP contribution < -0.4 is 5.73 Å². The number of benzene rings is 1. The number of nitrogens with two attached hydrogens (primary N) is 1. The Morgan fingerprint density at radius 1 is 1.36 bits per heavy atom. The molecule has 0 aliphatic heterocycles. The third-order valence-electron chi connectivity index (χ3n) is 2.33. The van der Waals surface area contributed by atoms with Crippen molar-refractivity contribution in [3.63, 3.8) is 0 Å². The summed E-state index contributed by atoms with van der Waals surface area (Å²) in [4.78, 5) is 10.7. The van der Waals surface area contributed by atoms with Crippen LogP contribution in [0.25, 0.3) is 0 Å². The molecule has 2 nitrogen and oxygen atoms in total. The van der Waals surface area contributed by atoms with E-state index in [1.807, 2.05) is 19.1 Å². The molecule has 14 heavy (non-hydrogen) atoms. The van der Waals surface area contributed by atoms with Gasteiger partial charge in [0.25, 0.3) is 0 Å². The molecular weight excluding hydrogens is 174 g/mol. The Balaban J connectivity index is 2.72. The second kappa shape index (κ2) is 5.55. The Labute approximate surface area is 85.1 Å². The second-order valence-electron chi connectivity index (χ2n) is 3.57. The van der Waals surface area contributed by atoms with Gasteiger partial charge in [0.1, 0.15) is 6.29 Å². The van der Waals surface area contributed by atoms with Gasteiger partial charge in [0.05, 0.1) is 0 Å². The van der Waals surface area contributed by atoms with Crippen molar-refractivity contribution in [2.75, 3.05) is 6.54 Å². The van der Waals surface area contributed by atoms with Crippen molar-refractivity contribution >= 4 is 6.29 Å². The van der Waals surface area contributed by atoms with E-state index in [2.05, 4.69) is 6.07 Å². The average Bonchev–Trinajstić information content (AvgIpc) is 2.19. The molecule has 0 atom stereocenters. The number of hydrogen-bond donors (Lipinski definition) is 1. The molecule has 1 aromatic rings. The third kappa shape index (κ3) is 2.96. The number of carbonyl (C=O) groups is 1. The highest BCUT2D eigenvalue weighted by molar-refractivity contribution is 5.77. The van der Waals surface area contributed by atoms with E-state index in [9.17, 15) is 4.79 Å². The van der Waals surface area contributed by atoms with Crippen LogP contribution in [-0.4, -0.2) is 12.8 Å². The maximum Gasteiger partial charge on any atom is 0.150 e. The lowest BCUT2D eigenvalue weighted by atomic mass is 10.0. The van der Waals surface area contributed by atoms with Crippen LogP contribution >= 0.6 is 0 Å². The van der Waals surface area contributed by atoms with Gasteiger partial charge in [0.2, 0.25) is 0 Å².